The van der Waals surface area contributed by atoms with Gasteiger partial charge in [0.05, 0.1) is 26.1 Å². The Kier molecular flexibility index (Phi) is 10.3. The Morgan fingerprint density at radius 1 is 1.06 bits per heavy atom. The maximum atomic E-state index is 12.8. The fraction of sp³-hybridized carbons (Fsp3) is 0.545. The Hall–Kier alpha value is -2.51. The van der Waals surface area contributed by atoms with Gasteiger partial charge in [-0.2, -0.15) is 17.0 Å². The molecule has 0 unspecified atom stereocenters. The van der Waals surface area contributed by atoms with E-state index < -0.39 is 10.2 Å². The molecule has 0 saturated carbocycles. The molecule has 34 heavy (non-hydrogen) atoms. The lowest BCUT2D eigenvalue weighted by Gasteiger charge is -2.37. The average Bonchev–Trinajstić information content (AvgIpc) is 3.38. The van der Waals surface area contributed by atoms with Gasteiger partial charge in [-0.3, -0.25) is 9.69 Å². The Bertz CT molecular complexity index is 958. The van der Waals surface area contributed by atoms with E-state index in [4.69, 9.17) is 19.4 Å². The summed E-state index contributed by atoms with van der Waals surface area (Å²) in [6.45, 7) is 6.27. The molecule has 2 aliphatic heterocycles. The van der Waals surface area contributed by atoms with Gasteiger partial charge >= 0.3 is 0 Å². The van der Waals surface area contributed by atoms with Crippen LogP contribution in [0.1, 0.15) is 12.0 Å². The first kappa shape index (κ1) is 26.1. The van der Waals surface area contributed by atoms with Crippen LogP contribution in [0.4, 0.5) is 0 Å². The molecular formula is C22H33N5O6S. The van der Waals surface area contributed by atoms with E-state index in [1.165, 1.54) is 0 Å². The smallest absolute Gasteiger partial charge is 0.290 e. The number of hydrogen-bond donors (Lipinski definition) is 1. The summed E-state index contributed by atoms with van der Waals surface area (Å²) >= 11 is 0. The van der Waals surface area contributed by atoms with Gasteiger partial charge in [-0.15, -0.1) is 0 Å². The first-order valence-electron chi connectivity index (χ1n) is 11.3. The SMILES string of the molecule is O=CO.O=S(=O)(N1CCOCC1)N1CCN(Cc2ccccc2OCCCn2ccnc2)CC1. The van der Waals surface area contributed by atoms with Crippen LogP contribution in [0, 0.1) is 0 Å². The summed E-state index contributed by atoms with van der Waals surface area (Å²) in [6, 6.07) is 8.10. The minimum atomic E-state index is -3.39. The Morgan fingerprint density at radius 3 is 2.41 bits per heavy atom. The highest BCUT2D eigenvalue weighted by atomic mass is 32.2. The molecule has 1 N–H and O–H groups in total. The number of aromatic nitrogens is 2. The van der Waals surface area contributed by atoms with Gasteiger partial charge in [-0.25, -0.2) is 4.98 Å². The molecule has 188 valence electrons. The van der Waals surface area contributed by atoms with Gasteiger partial charge in [-0.1, -0.05) is 18.2 Å². The molecule has 4 rings (SSSR count). The third-order valence-corrected chi connectivity index (χ3v) is 7.73. The fourth-order valence-electron chi connectivity index (χ4n) is 3.92. The Morgan fingerprint density at radius 2 is 1.74 bits per heavy atom. The molecular weight excluding hydrogens is 462 g/mol. The van der Waals surface area contributed by atoms with E-state index in [0.29, 0.717) is 59.1 Å². The van der Waals surface area contributed by atoms with Crippen LogP contribution in [0.2, 0.25) is 0 Å². The molecule has 2 aliphatic rings. The van der Waals surface area contributed by atoms with E-state index in [0.717, 1.165) is 30.8 Å². The highest BCUT2D eigenvalue weighted by Crippen LogP contribution is 2.22. The summed E-state index contributed by atoms with van der Waals surface area (Å²) in [7, 11) is -3.39. The number of ether oxygens (including phenoxy) is 2. The highest BCUT2D eigenvalue weighted by molar-refractivity contribution is 7.86. The number of morpholine rings is 1. The molecule has 0 radical (unpaired) electrons. The van der Waals surface area contributed by atoms with Gasteiger partial charge in [0.25, 0.3) is 16.7 Å². The van der Waals surface area contributed by atoms with Gasteiger partial charge in [-0.05, 0) is 12.5 Å². The number of aryl methyl sites for hydroxylation is 1. The number of piperazine rings is 1. The minimum Gasteiger partial charge on any atom is -0.493 e. The average molecular weight is 496 g/mol. The van der Waals surface area contributed by atoms with Crippen molar-refractivity contribution in [3.8, 4) is 5.75 Å². The monoisotopic (exact) mass is 495 g/mol. The predicted octanol–water partition coefficient (Wildman–Crippen LogP) is 0.748. The number of carbonyl (C=O) groups is 1. The highest BCUT2D eigenvalue weighted by Gasteiger charge is 2.33. The van der Waals surface area contributed by atoms with E-state index in [-0.39, 0.29) is 6.47 Å². The summed E-state index contributed by atoms with van der Waals surface area (Å²) in [5, 5.41) is 6.89. The van der Waals surface area contributed by atoms with Crippen molar-refractivity contribution in [3.05, 3.63) is 48.5 Å². The molecule has 2 aromatic rings. The minimum absolute atomic E-state index is 0.250. The maximum absolute atomic E-state index is 12.8. The van der Waals surface area contributed by atoms with Crippen molar-refractivity contribution in [1.82, 2.24) is 23.1 Å². The van der Waals surface area contributed by atoms with Gasteiger partial charge in [0.1, 0.15) is 5.75 Å². The van der Waals surface area contributed by atoms with Crippen LogP contribution in [0.25, 0.3) is 0 Å². The molecule has 0 bridgehead atoms. The number of para-hydroxylation sites is 1. The molecule has 0 spiro atoms. The third kappa shape index (κ3) is 7.50. The van der Waals surface area contributed by atoms with Gasteiger partial charge in [0, 0.05) is 70.3 Å². The van der Waals surface area contributed by atoms with Gasteiger partial charge in [0.15, 0.2) is 0 Å². The summed E-state index contributed by atoms with van der Waals surface area (Å²) in [5.74, 6) is 0.900. The summed E-state index contributed by atoms with van der Waals surface area (Å²) < 4.78 is 42.2. The number of rotatable bonds is 9. The van der Waals surface area contributed by atoms with Gasteiger partial charge in [0.2, 0.25) is 0 Å². The molecule has 12 heteroatoms. The van der Waals surface area contributed by atoms with Gasteiger partial charge < -0.3 is 19.1 Å². The first-order chi connectivity index (χ1) is 16.5. The second-order valence-electron chi connectivity index (χ2n) is 7.91. The Labute approximate surface area is 200 Å². The number of nitrogens with zero attached hydrogens (tertiary/aromatic N) is 5. The fourth-order valence-corrected chi connectivity index (χ4v) is 5.49. The zero-order valence-electron chi connectivity index (χ0n) is 19.2. The second-order valence-corrected chi connectivity index (χ2v) is 9.84. The van der Waals surface area contributed by atoms with Crippen molar-refractivity contribution in [2.24, 2.45) is 0 Å². The molecule has 1 aromatic heterocycles. The van der Waals surface area contributed by atoms with E-state index in [1.807, 2.05) is 35.3 Å². The Balaban J connectivity index is 0.00000103. The molecule has 0 amide bonds. The normalized spacial score (nSPS) is 18.1. The third-order valence-electron chi connectivity index (χ3n) is 5.70. The lowest BCUT2D eigenvalue weighted by atomic mass is 10.1. The second kappa shape index (κ2) is 13.4. The largest absolute Gasteiger partial charge is 0.493 e. The molecule has 1 aromatic carbocycles. The van der Waals surface area contributed by atoms with E-state index >= 15 is 0 Å². The topological polar surface area (TPSA) is 117 Å². The number of carboxylic acid groups (broad SMARTS) is 1. The zero-order valence-corrected chi connectivity index (χ0v) is 20.1. The molecule has 3 heterocycles. The lowest BCUT2D eigenvalue weighted by Crippen LogP contribution is -2.54. The van der Waals surface area contributed by atoms with Crippen molar-refractivity contribution in [1.29, 1.82) is 0 Å². The van der Waals surface area contributed by atoms with Crippen LogP contribution >= 0.6 is 0 Å². The van der Waals surface area contributed by atoms with Crippen LogP contribution in [-0.2, 0) is 32.8 Å². The van der Waals surface area contributed by atoms with E-state index in [2.05, 4.69) is 16.0 Å². The van der Waals surface area contributed by atoms with Crippen molar-refractivity contribution in [2.45, 2.75) is 19.5 Å². The van der Waals surface area contributed by atoms with Crippen LogP contribution < -0.4 is 4.74 Å². The molecule has 2 fully saturated rings. The lowest BCUT2D eigenvalue weighted by molar-refractivity contribution is -0.122. The first-order valence-corrected chi connectivity index (χ1v) is 12.7. The van der Waals surface area contributed by atoms with Crippen molar-refractivity contribution < 1.29 is 27.8 Å². The van der Waals surface area contributed by atoms with Crippen molar-refractivity contribution in [2.75, 3.05) is 59.1 Å². The number of hydrogen-bond acceptors (Lipinski definition) is 7. The predicted molar refractivity (Wildman–Crippen MR) is 126 cm³/mol. The van der Waals surface area contributed by atoms with Crippen LogP contribution in [0.3, 0.4) is 0 Å². The molecule has 0 aliphatic carbocycles. The van der Waals surface area contributed by atoms with E-state index in [1.54, 1.807) is 14.8 Å². The van der Waals surface area contributed by atoms with Crippen LogP contribution in [0.15, 0.2) is 43.0 Å². The molecule has 0 atom stereocenters. The van der Waals surface area contributed by atoms with Crippen LogP contribution in [-0.4, -0.2) is 102 Å². The van der Waals surface area contributed by atoms with Crippen molar-refractivity contribution in [3.63, 3.8) is 0 Å². The number of benzene rings is 1. The summed E-state index contributed by atoms with van der Waals surface area (Å²) in [6.07, 6.45) is 6.45. The zero-order chi connectivity index (χ0) is 24.2. The summed E-state index contributed by atoms with van der Waals surface area (Å²) in [4.78, 5) is 14.7. The standard InChI is InChI=1S/C21H31N5O4S.CH2O2/c27-31(28,26-13-16-29-17-14-26)25-11-9-23(10-12-25)18-20-4-1-2-5-21(20)30-15-3-7-24-8-6-22-19-24;2-1-3/h1-2,4-6,8,19H,3,7,9-18H2;1H,(H,2,3). The number of imidazole rings is 1. The summed E-state index contributed by atoms with van der Waals surface area (Å²) in [5.41, 5.74) is 1.13. The molecule has 2 saturated heterocycles. The maximum Gasteiger partial charge on any atom is 0.290 e. The van der Waals surface area contributed by atoms with Crippen LogP contribution in [0.5, 0.6) is 5.75 Å². The quantitative estimate of drug-likeness (QED) is 0.400. The van der Waals surface area contributed by atoms with Crippen molar-refractivity contribution >= 4 is 16.7 Å². The molecule has 11 nitrogen and oxygen atoms in total. The van der Waals surface area contributed by atoms with E-state index in [9.17, 15) is 8.42 Å².